The lowest BCUT2D eigenvalue weighted by molar-refractivity contribution is -0.123. The van der Waals surface area contributed by atoms with Crippen LogP contribution in [0.25, 0.3) is 0 Å². The minimum atomic E-state index is -0.558. The number of halogens is 2. The van der Waals surface area contributed by atoms with Crippen molar-refractivity contribution in [1.82, 2.24) is 9.88 Å². The molecule has 0 N–H and O–H groups in total. The van der Waals surface area contributed by atoms with Crippen LogP contribution in [0.15, 0.2) is 16.7 Å². The number of rotatable bonds is 4. The number of fused-ring (bicyclic) bond motifs is 1. The number of aryl methyl sites for hydroxylation is 1. The maximum Gasteiger partial charge on any atom is 0.411 e. The molecular formula is C18H22BrClN2O3. The van der Waals surface area contributed by atoms with E-state index in [1.54, 1.807) is 11.0 Å². The van der Waals surface area contributed by atoms with Crippen molar-refractivity contribution in [2.45, 2.75) is 64.1 Å². The molecule has 136 valence electrons. The van der Waals surface area contributed by atoms with Gasteiger partial charge in [0, 0.05) is 12.5 Å². The third kappa shape index (κ3) is 4.17. The number of ether oxygens (including phenoxy) is 1. The summed E-state index contributed by atoms with van der Waals surface area (Å²) in [5.74, 6) is 0.373. The van der Waals surface area contributed by atoms with Crippen LogP contribution in [0, 0.1) is 5.92 Å². The number of Topliss-reactive ketones (excluding diaryl/α,β-unsaturated/α-hetero) is 1. The molecule has 0 radical (unpaired) electrons. The van der Waals surface area contributed by atoms with E-state index in [2.05, 4.69) is 20.9 Å². The summed E-state index contributed by atoms with van der Waals surface area (Å²) >= 11 is 9.26. The molecule has 1 atom stereocenters. The number of aromatic nitrogens is 1. The van der Waals surface area contributed by atoms with E-state index in [9.17, 15) is 9.59 Å². The SMILES string of the molecule is CC(C)(C)OC(=O)N1C2CC(C2)C1C(=O)CCc1cc(Cl)nc(Br)c1. The quantitative estimate of drug-likeness (QED) is 0.666. The summed E-state index contributed by atoms with van der Waals surface area (Å²) in [6.45, 7) is 5.52. The summed E-state index contributed by atoms with van der Waals surface area (Å²) in [6.07, 6.45) is 2.39. The Morgan fingerprint density at radius 3 is 2.64 bits per heavy atom. The molecule has 1 aliphatic carbocycles. The fraction of sp³-hybridized carbons (Fsp3) is 0.611. The van der Waals surface area contributed by atoms with Crippen molar-refractivity contribution in [3.8, 4) is 0 Å². The Kier molecular flexibility index (Phi) is 5.13. The van der Waals surface area contributed by atoms with Gasteiger partial charge in [0.1, 0.15) is 15.4 Å². The second kappa shape index (κ2) is 6.88. The molecule has 1 aromatic rings. The average Bonchev–Trinajstić information content (AvgIpc) is 2.96. The maximum atomic E-state index is 12.8. The molecule has 3 fully saturated rings. The molecule has 7 heteroatoms. The van der Waals surface area contributed by atoms with Crippen LogP contribution in [0.3, 0.4) is 0 Å². The number of hydrogen-bond donors (Lipinski definition) is 0. The van der Waals surface area contributed by atoms with Gasteiger partial charge in [0.25, 0.3) is 0 Å². The van der Waals surface area contributed by atoms with Crippen LogP contribution >= 0.6 is 27.5 Å². The molecular weight excluding hydrogens is 408 g/mol. The lowest BCUT2D eigenvalue weighted by Gasteiger charge is -2.29. The minimum absolute atomic E-state index is 0.0971. The molecule has 1 aromatic heterocycles. The summed E-state index contributed by atoms with van der Waals surface area (Å²) in [5.41, 5.74) is 0.395. The number of pyridine rings is 1. The van der Waals surface area contributed by atoms with Gasteiger partial charge in [-0.1, -0.05) is 11.6 Å². The van der Waals surface area contributed by atoms with E-state index in [0.717, 1.165) is 18.4 Å². The number of ketones is 1. The fourth-order valence-electron chi connectivity index (χ4n) is 3.64. The lowest BCUT2D eigenvalue weighted by Crippen LogP contribution is -2.44. The largest absolute Gasteiger partial charge is 0.444 e. The van der Waals surface area contributed by atoms with E-state index in [-0.39, 0.29) is 29.9 Å². The van der Waals surface area contributed by atoms with Gasteiger partial charge in [0.15, 0.2) is 5.78 Å². The molecule has 2 saturated heterocycles. The highest BCUT2D eigenvalue weighted by molar-refractivity contribution is 9.10. The standard InChI is InChI=1S/C18H22BrClN2O3/c1-18(2,3)25-17(24)22-12-8-11(9-12)16(22)13(23)5-4-10-6-14(19)21-15(20)7-10/h6-7,11-12,16H,4-5,8-9H2,1-3H3. The lowest BCUT2D eigenvalue weighted by atomic mass is 9.81. The van der Waals surface area contributed by atoms with Crippen LogP contribution in [-0.4, -0.2) is 39.4 Å². The summed E-state index contributed by atoms with van der Waals surface area (Å²) in [7, 11) is 0. The zero-order chi connectivity index (χ0) is 18.4. The van der Waals surface area contributed by atoms with Crippen molar-refractivity contribution < 1.29 is 14.3 Å². The third-order valence-electron chi connectivity index (χ3n) is 4.71. The highest BCUT2D eigenvalue weighted by Gasteiger charge is 2.56. The Labute approximate surface area is 161 Å². The van der Waals surface area contributed by atoms with Crippen molar-refractivity contribution in [3.05, 3.63) is 27.5 Å². The number of carbonyl (C=O) groups is 2. The van der Waals surface area contributed by atoms with Crippen LogP contribution in [0.5, 0.6) is 0 Å². The fourth-order valence-corrected chi connectivity index (χ4v) is 4.46. The second-order valence-corrected chi connectivity index (χ2v) is 9.00. The smallest absolute Gasteiger partial charge is 0.411 e. The zero-order valence-corrected chi connectivity index (χ0v) is 16.9. The van der Waals surface area contributed by atoms with Crippen molar-refractivity contribution in [2.24, 2.45) is 5.92 Å². The zero-order valence-electron chi connectivity index (χ0n) is 14.6. The molecule has 25 heavy (non-hydrogen) atoms. The van der Waals surface area contributed by atoms with Crippen LogP contribution in [0.2, 0.25) is 5.15 Å². The first kappa shape index (κ1) is 18.6. The van der Waals surface area contributed by atoms with Crippen molar-refractivity contribution in [1.29, 1.82) is 0 Å². The molecule has 0 spiro atoms. The van der Waals surface area contributed by atoms with Crippen LogP contribution in [-0.2, 0) is 16.0 Å². The number of hydrogen-bond acceptors (Lipinski definition) is 4. The van der Waals surface area contributed by atoms with Crippen molar-refractivity contribution in [2.75, 3.05) is 0 Å². The Hall–Kier alpha value is -1.14. The topological polar surface area (TPSA) is 59.5 Å². The molecule has 1 unspecified atom stereocenters. The Morgan fingerprint density at radius 1 is 1.36 bits per heavy atom. The molecule has 3 heterocycles. The summed E-state index contributed by atoms with van der Waals surface area (Å²) in [6, 6.07) is 3.43. The molecule has 3 aliphatic rings. The van der Waals surface area contributed by atoms with E-state index in [1.165, 1.54) is 0 Å². The summed E-state index contributed by atoms with van der Waals surface area (Å²) in [4.78, 5) is 31.0. The first-order valence-electron chi connectivity index (χ1n) is 8.50. The highest BCUT2D eigenvalue weighted by atomic mass is 79.9. The Balaban J connectivity index is 1.65. The van der Waals surface area contributed by atoms with Gasteiger partial charge in [-0.3, -0.25) is 9.69 Å². The molecule has 2 aliphatic heterocycles. The van der Waals surface area contributed by atoms with Crippen molar-refractivity contribution in [3.63, 3.8) is 0 Å². The molecule has 0 aromatic carbocycles. The first-order valence-corrected chi connectivity index (χ1v) is 9.67. The van der Waals surface area contributed by atoms with E-state index in [0.29, 0.717) is 22.6 Å². The predicted octanol–water partition coefficient (Wildman–Crippen LogP) is 4.40. The van der Waals surface area contributed by atoms with Crippen LogP contribution in [0.4, 0.5) is 4.79 Å². The number of nitrogens with zero attached hydrogens (tertiary/aromatic N) is 2. The third-order valence-corrected chi connectivity index (χ3v) is 5.31. The minimum Gasteiger partial charge on any atom is -0.444 e. The van der Waals surface area contributed by atoms with E-state index < -0.39 is 5.60 Å². The Bertz CT molecular complexity index is 678. The van der Waals surface area contributed by atoms with E-state index in [4.69, 9.17) is 16.3 Å². The number of carbonyl (C=O) groups excluding carboxylic acids is 2. The van der Waals surface area contributed by atoms with Crippen LogP contribution < -0.4 is 0 Å². The second-order valence-electron chi connectivity index (χ2n) is 7.80. The highest BCUT2D eigenvalue weighted by Crippen LogP contribution is 2.47. The monoisotopic (exact) mass is 428 g/mol. The molecule has 4 rings (SSSR count). The average molecular weight is 430 g/mol. The molecule has 5 nitrogen and oxygen atoms in total. The summed E-state index contributed by atoms with van der Waals surface area (Å²) < 4.78 is 6.15. The molecule has 1 amide bonds. The first-order chi connectivity index (χ1) is 11.6. The Morgan fingerprint density at radius 2 is 2.04 bits per heavy atom. The van der Waals surface area contributed by atoms with E-state index in [1.807, 2.05) is 26.8 Å². The number of amides is 1. The van der Waals surface area contributed by atoms with Gasteiger partial charge < -0.3 is 4.74 Å². The van der Waals surface area contributed by atoms with Crippen molar-refractivity contribution >= 4 is 39.4 Å². The van der Waals surface area contributed by atoms with E-state index >= 15 is 0 Å². The molecule has 1 saturated carbocycles. The van der Waals surface area contributed by atoms with Gasteiger partial charge in [-0.2, -0.15) is 0 Å². The van der Waals surface area contributed by atoms with Gasteiger partial charge >= 0.3 is 6.09 Å². The van der Waals surface area contributed by atoms with Gasteiger partial charge in [0.05, 0.1) is 6.04 Å². The van der Waals surface area contributed by atoms with Crippen LogP contribution in [0.1, 0.15) is 45.6 Å². The van der Waals surface area contributed by atoms with Gasteiger partial charge in [0.2, 0.25) is 0 Å². The van der Waals surface area contributed by atoms with Gasteiger partial charge in [-0.05, 0) is 79.6 Å². The van der Waals surface area contributed by atoms with Gasteiger partial charge in [-0.25, -0.2) is 9.78 Å². The van der Waals surface area contributed by atoms with Gasteiger partial charge in [-0.15, -0.1) is 0 Å². The summed E-state index contributed by atoms with van der Waals surface area (Å²) in [5, 5.41) is 0.398. The maximum absolute atomic E-state index is 12.8. The normalized spacial score (nSPS) is 24.8. The predicted molar refractivity (Wildman–Crippen MR) is 98.6 cm³/mol. The molecule has 2 bridgehead atoms.